The highest BCUT2D eigenvalue weighted by molar-refractivity contribution is 8.16. The Labute approximate surface area is 185 Å². The molecule has 2 fully saturated rings. The minimum Gasteiger partial charge on any atom is -0.378 e. The Bertz CT molecular complexity index is 460. The van der Waals surface area contributed by atoms with Crippen molar-refractivity contribution in [1.29, 1.82) is 0 Å². The average Bonchev–Trinajstić information content (AvgIpc) is 2.84. The molecule has 0 saturated carbocycles. The number of ether oxygens (including phenoxy) is 4. The highest BCUT2D eigenvalue weighted by atomic mass is 32.2. The molecule has 8 heteroatoms. The van der Waals surface area contributed by atoms with Gasteiger partial charge in [-0.2, -0.15) is 0 Å². The molecule has 0 aliphatic carbocycles. The van der Waals surface area contributed by atoms with Gasteiger partial charge in [0.2, 0.25) is 0 Å². The summed E-state index contributed by atoms with van der Waals surface area (Å²) in [4.78, 5) is 0. The van der Waals surface area contributed by atoms with E-state index in [1.807, 2.05) is 47.0 Å². The van der Waals surface area contributed by atoms with Crippen LogP contribution in [0.5, 0.6) is 0 Å². The molecule has 28 heavy (non-hydrogen) atoms. The summed E-state index contributed by atoms with van der Waals surface area (Å²) in [6, 6.07) is 9.22. The molecule has 2 aliphatic heterocycles. The molecule has 0 radical (unpaired) electrons. The second-order valence-corrected chi connectivity index (χ2v) is 11.7. The van der Waals surface area contributed by atoms with Gasteiger partial charge in [0.05, 0.1) is 62.0 Å². The second-order valence-electron chi connectivity index (χ2n) is 6.26. The van der Waals surface area contributed by atoms with Crippen molar-refractivity contribution in [3.63, 3.8) is 0 Å². The van der Waals surface area contributed by atoms with Crippen molar-refractivity contribution in [2.45, 2.75) is 9.16 Å². The van der Waals surface area contributed by atoms with Gasteiger partial charge in [0.15, 0.2) is 0 Å². The molecule has 2 saturated heterocycles. The number of hydrogen-bond acceptors (Lipinski definition) is 8. The lowest BCUT2D eigenvalue weighted by Gasteiger charge is -2.19. The van der Waals surface area contributed by atoms with E-state index < -0.39 is 0 Å². The van der Waals surface area contributed by atoms with Crippen LogP contribution in [0, 0.1) is 0 Å². The highest BCUT2D eigenvalue weighted by Gasteiger charge is 2.17. The molecule has 158 valence electrons. The van der Waals surface area contributed by atoms with Crippen molar-refractivity contribution in [3.8, 4) is 0 Å². The molecule has 3 rings (SSSR count). The summed E-state index contributed by atoms with van der Waals surface area (Å²) in [5.41, 5.74) is 2.77. The molecule has 0 amide bonds. The average molecular weight is 463 g/mol. The first-order valence-corrected chi connectivity index (χ1v) is 14.0. The largest absolute Gasteiger partial charge is 0.378 e. The standard InChI is InChI=1S/C20H30O4S4/c1-2-18(20-27-15-11-23-7-8-24-12-16-28-20)4-3-17(1)19-25-13-9-21-5-6-22-10-14-26-19/h1-4,19-20H,5-16H2. The molecule has 1 aromatic rings. The number of hydrogen-bond donors (Lipinski definition) is 0. The van der Waals surface area contributed by atoms with Crippen molar-refractivity contribution in [3.05, 3.63) is 35.4 Å². The van der Waals surface area contributed by atoms with Crippen LogP contribution < -0.4 is 0 Å². The van der Waals surface area contributed by atoms with E-state index >= 15 is 0 Å². The minimum absolute atomic E-state index is 0.439. The Morgan fingerprint density at radius 2 is 0.750 bits per heavy atom. The quantitative estimate of drug-likeness (QED) is 0.625. The molecular weight excluding hydrogens is 432 g/mol. The van der Waals surface area contributed by atoms with Crippen LogP contribution in [0.2, 0.25) is 0 Å². The zero-order valence-electron chi connectivity index (χ0n) is 16.2. The van der Waals surface area contributed by atoms with E-state index in [2.05, 4.69) is 24.3 Å². The SMILES string of the molecule is c1cc(C2SCCOCCOCCS2)ccc1C1SCCOCCOCCS1. The van der Waals surface area contributed by atoms with Crippen molar-refractivity contribution >= 4 is 47.0 Å². The van der Waals surface area contributed by atoms with E-state index in [0.717, 1.165) is 49.4 Å². The predicted molar refractivity (Wildman–Crippen MR) is 125 cm³/mol. The van der Waals surface area contributed by atoms with Crippen LogP contribution in [0.4, 0.5) is 0 Å². The normalized spacial score (nSPS) is 23.4. The molecule has 4 nitrogen and oxygen atoms in total. The van der Waals surface area contributed by atoms with Crippen LogP contribution in [-0.2, 0) is 18.9 Å². The third-order valence-corrected chi connectivity index (χ3v) is 9.75. The van der Waals surface area contributed by atoms with Crippen molar-refractivity contribution in [1.82, 2.24) is 0 Å². The van der Waals surface area contributed by atoms with Gasteiger partial charge < -0.3 is 18.9 Å². The van der Waals surface area contributed by atoms with Gasteiger partial charge in [-0.05, 0) is 11.1 Å². The van der Waals surface area contributed by atoms with Crippen molar-refractivity contribution < 1.29 is 18.9 Å². The Balaban J connectivity index is 1.59. The first-order chi connectivity index (χ1) is 13.9. The Kier molecular flexibility index (Phi) is 11.9. The van der Waals surface area contributed by atoms with Crippen LogP contribution >= 0.6 is 47.0 Å². The zero-order chi connectivity index (χ0) is 19.3. The maximum absolute atomic E-state index is 5.62. The van der Waals surface area contributed by atoms with Gasteiger partial charge in [0, 0.05) is 23.0 Å². The lowest BCUT2D eigenvalue weighted by molar-refractivity contribution is 0.0606. The van der Waals surface area contributed by atoms with Crippen molar-refractivity contribution in [2.24, 2.45) is 0 Å². The van der Waals surface area contributed by atoms with Crippen LogP contribution in [0.25, 0.3) is 0 Å². The maximum atomic E-state index is 5.62. The minimum atomic E-state index is 0.439. The van der Waals surface area contributed by atoms with Gasteiger partial charge in [-0.15, -0.1) is 47.0 Å². The number of rotatable bonds is 2. The summed E-state index contributed by atoms with van der Waals surface area (Å²) in [5.74, 6) is 4.09. The lowest BCUT2D eigenvalue weighted by atomic mass is 10.2. The zero-order valence-corrected chi connectivity index (χ0v) is 19.5. The molecule has 0 aromatic heterocycles. The van der Waals surface area contributed by atoms with Crippen LogP contribution in [0.15, 0.2) is 24.3 Å². The Morgan fingerprint density at radius 1 is 0.464 bits per heavy atom. The second kappa shape index (κ2) is 14.5. The van der Waals surface area contributed by atoms with Gasteiger partial charge in [0.25, 0.3) is 0 Å². The fourth-order valence-corrected chi connectivity index (χ4v) is 7.83. The van der Waals surface area contributed by atoms with Crippen LogP contribution in [0.3, 0.4) is 0 Å². The summed E-state index contributed by atoms with van der Waals surface area (Å²) < 4.78 is 23.3. The summed E-state index contributed by atoms with van der Waals surface area (Å²) in [5, 5.41) is 0. The third-order valence-electron chi connectivity index (χ3n) is 4.21. The van der Waals surface area contributed by atoms with Crippen LogP contribution in [0.1, 0.15) is 20.3 Å². The fourth-order valence-electron chi connectivity index (χ4n) is 2.79. The molecule has 2 aliphatic rings. The number of benzene rings is 1. The fraction of sp³-hybridized carbons (Fsp3) is 0.700. The van der Waals surface area contributed by atoms with E-state index in [-0.39, 0.29) is 0 Å². The van der Waals surface area contributed by atoms with Gasteiger partial charge in [-0.1, -0.05) is 24.3 Å². The maximum Gasteiger partial charge on any atom is 0.0753 e. The number of thioether (sulfide) groups is 4. The lowest BCUT2D eigenvalue weighted by Crippen LogP contribution is -2.07. The molecular formula is C20H30O4S4. The molecule has 0 unspecified atom stereocenters. The predicted octanol–water partition coefficient (Wildman–Crippen LogP) is 4.71. The van der Waals surface area contributed by atoms with Gasteiger partial charge in [-0.25, -0.2) is 0 Å². The molecule has 1 aromatic carbocycles. The molecule has 0 N–H and O–H groups in total. The van der Waals surface area contributed by atoms with E-state index in [4.69, 9.17) is 18.9 Å². The summed E-state index contributed by atoms with van der Waals surface area (Å²) in [6.07, 6.45) is 0. The van der Waals surface area contributed by atoms with Crippen molar-refractivity contribution in [2.75, 3.05) is 75.9 Å². The van der Waals surface area contributed by atoms with E-state index in [1.54, 1.807) is 0 Å². The molecule has 2 heterocycles. The van der Waals surface area contributed by atoms with Gasteiger partial charge >= 0.3 is 0 Å². The summed E-state index contributed by atoms with van der Waals surface area (Å²) >= 11 is 7.90. The molecule has 0 spiro atoms. The van der Waals surface area contributed by atoms with E-state index in [1.165, 1.54) is 11.1 Å². The highest BCUT2D eigenvalue weighted by Crippen LogP contribution is 2.42. The first-order valence-electron chi connectivity index (χ1n) is 9.81. The van der Waals surface area contributed by atoms with Gasteiger partial charge in [-0.3, -0.25) is 0 Å². The molecule has 0 atom stereocenters. The Hall–Kier alpha value is 0.460. The van der Waals surface area contributed by atoms with Crippen LogP contribution in [-0.4, -0.2) is 75.9 Å². The third kappa shape index (κ3) is 8.68. The monoisotopic (exact) mass is 462 g/mol. The van der Waals surface area contributed by atoms with Gasteiger partial charge in [0.1, 0.15) is 0 Å². The smallest absolute Gasteiger partial charge is 0.0753 e. The van der Waals surface area contributed by atoms with E-state index in [9.17, 15) is 0 Å². The summed E-state index contributed by atoms with van der Waals surface area (Å²) in [6.45, 7) is 6.00. The molecule has 0 bridgehead atoms. The Morgan fingerprint density at radius 3 is 1.04 bits per heavy atom. The summed E-state index contributed by atoms with van der Waals surface area (Å²) in [7, 11) is 0. The first kappa shape index (κ1) is 23.1. The topological polar surface area (TPSA) is 36.9 Å². The van der Waals surface area contributed by atoms with E-state index in [0.29, 0.717) is 35.6 Å².